The van der Waals surface area contributed by atoms with Gasteiger partial charge in [0.15, 0.2) is 0 Å². The molecule has 0 radical (unpaired) electrons. The van der Waals surface area contributed by atoms with Gasteiger partial charge in [-0.15, -0.1) is 11.8 Å². The van der Waals surface area contributed by atoms with Crippen LogP contribution in [0.4, 0.5) is 5.69 Å². The fourth-order valence-corrected chi connectivity index (χ4v) is 2.98. The van der Waals surface area contributed by atoms with Gasteiger partial charge in [-0.2, -0.15) is 0 Å². The third-order valence-corrected chi connectivity index (χ3v) is 4.26. The Bertz CT molecular complexity index is 493. The molecule has 1 aliphatic heterocycles. The second-order valence-corrected chi connectivity index (χ2v) is 5.95. The summed E-state index contributed by atoms with van der Waals surface area (Å²) in [6.07, 6.45) is 1.26. The zero-order valence-electron chi connectivity index (χ0n) is 9.69. The Labute approximate surface area is 118 Å². The zero-order valence-corrected chi connectivity index (χ0v) is 12.1. The molecule has 6 heteroatoms. The number of imide groups is 1. The molecule has 0 aromatic heterocycles. The molecule has 0 atom stereocenters. The first kappa shape index (κ1) is 13.4. The lowest BCUT2D eigenvalue weighted by Crippen LogP contribution is -2.33. The van der Waals surface area contributed by atoms with Crippen LogP contribution in [0.5, 0.6) is 0 Å². The topological polar surface area (TPSA) is 63.4 Å². The summed E-state index contributed by atoms with van der Waals surface area (Å²) in [6.45, 7) is 0.550. The minimum absolute atomic E-state index is 0.0654. The summed E-state index contributed by atoms with van der Waals surface area (Å²) in [6, 6.07) is 5.54. The van der Waals surface area contributed by atoms with Crippen molar-refractivity contribution in [1.29, 1.82) is 0 Å². The quantitative estimate of drug-likeness (QED) is 0.683. The first-order chi connectivity index (χ1) is 8.58. The monoisotopic (exact) mass is 328 g/mol. The van der Waals surface area contributed by atoms with E-state index in [0.29, 0.717) is 18.7 Å². The molecule has 2 amide bonds. The highest BCUT2D eigenvalue weighted by Crippen LogP contribution is 2.28. The second-order valence-electron chi connectivity index (χ2n) is 4.01. The number of carbonyl (C=O) groups excluding carboxylic acids is 2. The molecule has 1 heterocycles. The van der Waals surface area contributed by atoms with Gasteiger partial charge in [0.1, 0.15) is 0 Å². The van der Waals surface area contributed by atoms with E-state index in [4.69, 9.17) is 5.73 Å². The highest BCUT2D eigenvalue weighted by Gasteiger charge is 2.26. The Morgan fingerprint density at radius 3 is 2.89 bits per heavy atom. The third kappa shape index (κ3) is 3.05. The van der Waals surface area contributed by atoms with Crippen LogP contribution in [0.3, 0.4) is 0 Å². The van der Waals surface area contributed by atoms with E-state index in [1.165, 1.54) is 16.7 Å². The number of rotatable bonds is 3. The van der Waals surface area contributed by atoms with Gasteiger partial charge in [-0.05, 0) is 24.6 Å². The number of benzene rings is 1. The number of nitrogen functional groups attached to an aromatic ring is 1. The van der Waals surface area contributed by atoms with Crippen molar-refractivity contribution in [3.8, 4) is 0 Å². The summed E-state index contributed by atoms with van der Waals surface area (Å²) < 4.78 is 0.908. The number of nitrogens with zero attached hydrogens (tertiary/aromatic N) is 1. The number of carbonyl (C=O) groups is 2. The van der Waals surface area contributed by atoms with Gasteiger partial charge in [-0.1, -0.05) is 15.9 Å². The van der Waals surface area contributed by atoms with Crippen LogP contribution in [-0.2, 0) is 9.59 Å². The molecule has 0 aliphatic carbocycles. The normalized spacial score (nSPS) is 15.2. The van der Waals surface area contributed by atoms with Crippen LogP contribution >= 0.6 is 27.7 Å². The molecule has 4 nitrogen and oxygen atoms in total. The summed E-state index contributed by atoms with van der Waals surface area (Å²) in [7, 11) is 0. The van der Waals surface area contributed by atoms with Crippen LogP contribution < -0.4 is 5.73 Å². The van der Waals surface area contributed by atoms with Crippen LogP contribution in [0.25, 0.3) is 0 Å². The van der Waals surface area contributed by atoms with Crippen molar-refractivity contribution in [2.45, 2.75) is 17.7 Å². The van der Waals surface area contributed by atoms with Gasteiger partial charge in [0.25, 0.3) is 0 Å². The van der Waals surface area contributed by atoms with Gasteiger partial charge < -0.3 is 5.73 Å². The lowest BCUT2D eigenvalue weighted by molar-refractivity contribution is -0.140. The van der Waals surface area contributed by atoms with E-state index in [-0.39, 0.29) is 17.6 Å². The van der Waals surface area contributed by atoms with Gasteiger partial charge in [-0.3, -0.25) is 14.5 Å². The maximum Gasteiger partial charge on any atom is 0.239 e. The molecule has 1 aromatic carbocycles. The first-order valence-corrected chi connectivity index (χ1v) is 7.37. The lowest BCUT2D eigenvalue weighted by Gasteiger charge is -2.13. The largest absolute Gasteiger partial charge is 0.398 e. The molecule has 1 saturated heterocycles. The third-order valence-electron chi connectivity index (χ3n) is 2.70. The number of thioether (sulfide) groups is 1. The van der Waals surface area contributed by atoms with Crippen molar-refractivity contribution in [2.24, 2.45) is 0 Å². The van der Waals surface area contributed by atoms with Crippen LogP contribution in [0.15, 0.2) is 27.6 Å². The van der Waals surface area contributed by atoms with E-state index in [1.54, 1.807) is 6.07 Å². The fourth-order valence-electron chi connectivity index (χ4n) is 1.78. The molecule has 1 fully saturated rings. The van der Waals surface area contributed by atoms with Gasteiger partial charge in [0.2, 0.25) is 11.8 Å². The predicted molar refractivity (Wildman–Crippen MR) is 75.2 cm³/mol. The molecule has 96 valence electrons. The number of hydrogen-bond acceptors (Lipinski definition) is 4. The molecule has 2 N–H and O–H groups in total. The molecular formula is C12H13BrN2O2S. The molecule has 1 aliphatic rings. The van der Waals surface area contributed by atoms with Gasteiger partial charge >= 0.3 is 0 Å². The smallest absolute Gasteiger partial charge is 0.239 e. The molecule has 2 rings (SSSR count). The molecule has 0 saturated carbocycles. The van der Waals surface area contributed by atoms with E-state index >= 15 is 0 Å². The van der Waals surface area contributed by atoms with E-state index in [1.807, 2.05) is 12.1 Å². The summed E-state index contributed by atoms with van der Waals surface area (Å²) in [5.74, 6) is 0.0478. The Kier molecular flexibility index (Phi) is 4.29. The maximum atomic E-state index is 11.8. The van der Waals surface area contributed by atoms with E-state index in [2.05, 4.69) is 15.9 Å². The molecule has 18 heavy (non-hydrogen) atoms. The van der Waals surface area contributed by atoms with Gasteiger partial charge in [0, 0.05) is 28.0 Å². The van der Waals surface area contributed by atoms with Gasteiger partial charge in [0.05, 0.1) is 5.75 Å². The second kappa shape index (κ2) is 5.75. The van der Waals surface area contributed by atoms with Crippen LogP contribution in [0, 0.1) is 0 Å². The average molecular weight is 329 g/mol. The van der Waals surface area contributed by atoms with Crippen molar-refractivity contribution in [3.05, 3.63) is 22.7 Å². The van der Waals surface area contributed by atoms with Gasteiger partial charge in [-0.25, -0.2) is 0 Å². The summed E-state index contributed by atoms with van der Waals surface area (Å²) in [4.78, 5) is 25.4. The number of likely N-dealkylation sites (tertiary alicyclic amines) is 1. The van der Waals surface area contributed by atoms with Crippen molar-refractivity contribution >= 4 is 45.2 Å². The number of amides is 2. The average Bonchev–Trinajstić information content (AvgIpc) is 2.74. The predicted octanol–water partition coefficient (Wildman–Crippen LogP) is 2.27. The van der Waals surface area contributed by atoms with Crippen LogP contribution in [0.1, 0.15) is 12.8 Å². The van der Waals surface area contributed by atoms with E-state index in [0.717, 1.165) is 15.8 Å². The Morgan fingerprint density at radius 2 is 2.28 bits per heavy atom. The first-order valence-electron chi connectivity index (χ1n) is 5.59. The van der Waals surface area contributed by atoms with Crippen LogP contribution in [0.2, 0.25) is 0 Å². The highest BCUT2D eigenvalue weighted by atomic mass is 79.9. The number of anilines is 1. The highest BCUT2D eigenvalue weighted by molar-refractivity contribution is 9.10. The number of hydrogen-bond donors (Lipinski definition) is 1. The van der Waals surface area contributed by atoms with E-state index in [9.17, 15) is 9.59 Å². The molecule has 1 aromatic rings. The van der Waals surface area contributed by atoms with E-state index < -0.39 is 0 Å². The molecular weight excluding hydrogens is 316 g/mol. The Balaban J connectivity index is 1.95. The summed E-state index contributed by atoms with van der Waals surface area (Å²) in [5, 5.41) is 0. The standard InChI is InChI=1S/C12H13BrN2O2S/c13-8-3-4-10(9(14)6-8)18-7-12(17)15-5-1-2-11(15)16/h3-4,6H,1-2,5,7,14H2. The van der Waals surface area contributed by atoms with Crippen molar-refractivity contribution in [2.75, 3.05) is 18.0 Å². The fraction of sp³-hybridized carbons (Fsp3) is 0.333. The van der Waals surface area contributed by atoms with Crippen molar-refractivity contribution in [1.82, 2.24) is 4.90 Å². The van der Waals surface area contributed by atoms with Crippen molar-refractivity contribution in [3.63, 3.8) is 0 Å². The number of nitrogens with two attached hydrogens (primary N) is 1. The zero-order chi connectivity index (χ0) is 13.1. The molecule has 0 bridgehead atoms. The maximum absolute atomic E-state index is 11.8. The van der Waals surface area contributed by atoms with Crippen molar-refractivity contribution < 1.29 is 9.59 Å². The Morgan fingerprint density at radius 1 is 1.50 bits per heavy atom. The molecule has 0 unspecified atom stereocenters. The summed E-state index contributed by atoms with van der Waals surface area (Å²) >= 11 is 4.69. The lowest BCUT2D eigenvalue weighted by atomic mass is 10.3. The minimum atomic E-state index is -0.134. The molecule has 0 spiro atoms. The SMILES string of the molecule is Nc1cc(Br)ccc1SCC(=O)N1CCCC1=O. The summed E-state index contributed by atoms with van der Waals surface area (Å²) in [5.41, 5.74) is 6.48. The Hall–Kier alpha value is -1.01. The van der Waals surface area contributed by atoms with Crippen LogP contribution in [-0.4, -0.2) is 29.0 Å². The number of halogens is 1. The minimum Gasteiger partial charge on any atom is -0.398 e.